The van der Waals surface area contributed by atoms with Crippen molar-refractivity contribution in [1.82, 2.24) is 15.3 Å². The van der Waals surface area contributed by atoms with Gasteiger partial charge in [-0.3, -0.25) is 0 Å². The van der Waals surface area contributed by atoms with Crippen LogP contribution in [0, 0.1) is 0 Å². The van der Waals surface area contributed by atoms with Crippen LogP contribution in [0.5, 0.6) is 0 Å². The Morgan fingerprint density at radius 3 is 2.74 bits per heavy atom. The van der Waals surface area contributed by atoms with E-state index in [1.807, 2.05) is 39.0 Å². The number of alkyl carbamates (subject to hydrolysis) is 1. The van der Waals surface area contributed by atoms with Gasteiger partial charge in [0, 0.05) is 19.3 Å². The van der Waals surface area contributed by atoms with Crippen LogP contribution in [0.1, 0.15) is 20.8 Å². The van der Waals surface area contributed by atoms with E-state index < -0.39 is 11.7 Å². The van der Waals surface area contributed by atoms with Gasteiger partial charge in [0.15, 0.2) is 0 Å². The van der Waals surface area contributed by atoms with Gasteiger partial charge in [-0.1, -0.05) is 11.6 Å². The number of aromatic nitrogens is 2. The number of nitrogens with zero attached hydrogens (tertiary/aromatic N) is 2. The molecule has 0 aliphatic rings. The van der Waals surface area contributed by atoms with Gasteiger partial charge in [-0.15, -0.1) is 11.3 Å². The van der Waals surface area contributed by atoms with E-state index in [1.165, 1.54) is 11.3 Å². The number of carbonyl (C=O) groups is 1. The topological polar surface area (TPSA) is 76.1 Å². The van der Waals surface area contributed by atoms with Crippen molar-refractivity contribution in [3.05, 3.63) is 28.7 Å². The maximum atomic E-state index is 11.5. The minimum atomic E-state index is -0.503. The number of halogens is 1. The number of hydrogen-bond acceptors (Lipinski definition) is 6. The maximum Gasteiger partial charge on any atom is 0.407 e. The summed E-state index contributed by atoms with van der Waals surface area (Å²) in [5.41, 5.74) is 0.302. The third-order valence-electron chi connectivity index (χ3n) is 2.56. The molecule has 0 bridgehead atoms. The molecule has 2 aromatic rings. The fourth-order valence-corrected chi connectivity index (χ4v) is 2.70. The molecule has 2 heterocycles. The molecular weight excluding hydrogens is 336 g/mol. The summed E-state index contributed by atoms with van der Waals surface area (Å²) in [6.45, 7) is 6.37. The highest BCUT2D eigenvalue weighted by molar-refractivity contribution is 7.19. The van der Waals surface area contributed by atoms with E-state index in [0.717, 1.165) is 14.9 Å². The van der Waals surface area contributed by atoms with Gasteiger partial charge in [-0.2, -0.15) is 0 Å². The third kappa shape index (κ3) is 6.03. The van der Waals surface area contributed by atoms with Crippen LogP contribution in [0.3, 0.4) is 0 Å². The third-order valence-corrected chi connectivity index (χ3v) is 3.81. The Labute approximate surface area is 144 Å². The van der Waals surface area contributed by atoms with Crippen LogP contribution < -0.4 is 10.6 Å². The number of nitrogens with one attached hydrogen (secondary N) is 2. The zero-order valence-electron chi connectivity index (χ0n) is 13.2. The summed E-state index contributed by atoms with van der Waals surface area (Å²) in [5.74, 6) is 0.498. The summed E-state index contributed by atoms with van der Waals surface area (Å²) in [6.07, 6.45) is 1.24. The van der Waals surface area contributed by atoms with Gasteiger partial charge in [0.2, 0.25) is 5.95 Å². The van der Waals surface area contributed by atoms with E-state index >= 15 is 0 Å². The summed E-state index contributed by atoms with van der Waals surface area (Å²) in [5, 5.41) is 5.72. The molecule has 2 N–H and O–H groups in total. The van der Waals surface area contributed by atoms with Gasteiger partial charge in [-0.05, 0) is 39.0 Å². The summed E-state index contributed by atoms with van der Waals surface area (Å²) in [4.78, 5) is 21.1. The molecule has 23 heavy (non-hydrogen) atoms. The number of thiophene rings is 1. The van der Waals surface area contributed by atoms with Crippen molar-refractivity contribution in [2.45, 2.75) is 26.4 Å². The van der Waals surface area contributed by atoms with Crippen molar-refractivity contribution in [1.29, 1.82) is 0 Å². The Morgan fingerprint density at radius 2 is 2.09 bits per heavy atom. The van der Waals surface area contributed by atoms with E-state index in [-0.39, 0.29) is 0 Å². The Hall–Kier alpha value is -1.86. The zero-order chi connectivity index (χ0) is 16.9. The molecule has 0 aliphatic heterocycles. The number of amides is 1. The highest BCUT2D eigenvalue weighted by Gasteiger charge is 2.15. The summed E-state index contributed by atoms with van der Waals surface area (Å²) < 4.78 is 5.87. The lowest BCUT2D eigenvalue weighted by atomic mass is 10.2. The molecule has 0 aromatic carbocycles. The molecule has 2 aromatic heterocycles. The summed E-state index contributed by atoms with van der Waals surface area (Å²) in [7, 11) is 0. The first-order valence-corrected chi connectivity index (χ1v) is 8.32. The predicted octanol–water partition coefficient (Wildman–Crippen LogP) is 3.80. The van der Waals surface area contributed by atoms with E-state index in [9.17, 15) is 4.79 Å². The van der Waals surface area contributed by atoms with Crippen LogP contribution in [0.2, 0.25) is 4.34 Å². The fraction of sp³-hybridized carbons (Fsp3) is 0.400. The molecule has 6 nitrogen and oxygen atoms in total. The molecular formula is C15H19ClN4O2S. The molecule has 2 rings (SSSR count). The first kappa shape index (κ1) is 17.5. The van der Waals surface area contributed by atoms with Gasteiger partial charge < -0.3 is 15.4 Å². The fourth-order valence-electron chi connectivity index (χ4n) is 1.69. The van der Waals surface area contributed by atoms with Crippen molar-refractivity contribution in [3.63, 3.8) is 0 Å². The highest BCUT2D eigenvalue weighted by atomic mass is 35.5. The van der Waals surface area contributed by atoms with E-state index in [4.69, 9.17) is 16.3 Å². The van der Waals surface area contributed by atoms with Crippen LogP contribution in [0.25, 0.3) is 10.6 Å². The van der Waals surface area contributed by atoms with E-state index in [2.05, 4.69) is 20.6 Å². The van der Waals surface area contributed by atoms with E-state index in [0.29, 0.717) is 19.0 Å². The zero-order valence-corrected chi connectivity index (χ0v) is 14.8. The average Bonchev–Trinajstić information content (AvgIpc) is 2.89. The first-order chi connectivity index (χ1) is 10.8. The number of anilines is 1. The molecule has 0 radical (unpaired) electrons. The minimum absolute atomic E-state index is 0.410. The van der Waals surface area contributed by atoms with Crippen LogP contribution in [-0.2, 0) is 4.74 Å². The smallest absolute Gasteiger partial charge is 0.407 e. The second-order valence-corrected chi connectivity index (χ2v) is 7.44. The predicted molar refractivity (Wildman–Crippen MR) is 93.1 cm³/mol. The van der Waals surface area contributed by atoms with Crippen LogP contribution in [-0.4, -0.2) is 34.8 Å². The van der Waals surface area contributed by atoms with Gasteiger partial charge in [0.05, 0.1) is 14.9 Å². The lowest BCUT2D eigenvalue weighted by Gasteiger charge is -2.19. The molecule has 0 spiro atoms. The monoisotopic (exact) mass is 354 g/mol. The number of rotatable bonds is 5. The summed E-state index contributed by atoms with van der Waals surface area (Å²) in [6, 6.07) is 5.58. The van der Waals surface area contributed by atoms with Gasteiger partial charge in [0.1, 0.15) is 5.60 Å². The van der Waals surface area contributed by atoms with Crippen molar-refractivity contribution >= 4 is 35.0 Å². The first-order valence-electron chi connectivity index (χ1n) is 7.13. The number of ether oxygens (including phenoxy) is 1. The standard InChI is InChI=1S/C15H19ClN4O2S/c1-15(2,3)22-14(21)19-9-8-18-13-17-7-6-10(20-13)11-4-5-12(16)23-11/h4-7H,8-9H2,1-3H3,(H,19,21)(H,17,18,20). The van der Waals surface area contributed by atoms with Crippen molar-refractivity contribution < 1.29 is 9.53 Å². The molecule has 0 saturated carbocycles. The molecule has 0 atom stereocenters. The Bertz CT molecular complexity index is 669. The maximum absolute atomic E-state index is 11.5. The normalized spacial score (nSPS) is 11.1. The van der Waals surface area contributed by atoms with Crippen molar-refractivity contribution in [2.75, 3.05) is 18.4 Å². The second-order valence-electron chi connectivity index (χ2n) is 5.72. The lowest BCUT2D eigenvalue weighted by molar-refractivity contribution is 0.0530. The van der Waals surface area contributed by atoms with Gasteiger partial charge in [-0.25, -0.2) is 14.8 Å². The largest absolute Gasteiger partial charge is 0.444 e. The average molecular weight is 355 g/mol. The Kier molecular flexibility index (Phi) is 5.79. The quantitative estimate of drug-likeness (QED) is 0.799. The molecule has 0 unspecified atom stereocenters. The lowest BCUT2D eigenvalue weighted by Crippen LogP contribution is -2.35. The molecule has 0 saturated heterocycles. The molecule has 124 valence electrons. The van der Waals surface area contributed by atoms with Crippen LogP contribution >= 0.6 is 22.9 Å². The second kappa shape index (κ2) is 7.61. The number of carbonyl (C=O) groups excluding carboxylic acids is 1. The highest BCUT2D eigenvalue weighted by Crippen LogP contribution is 2.29. The Morgan fingerprint density at radius 1 is 1.30 bits per heavy atom. The van der Waals surface area contributed by atoms with Crippen molar-refractivity contribution in [3.8, 4) is 10.6 Å². The van der Waals surface area contributed by atoms with Crippen LogP contribution in [0.15, 0.2) is 24.4 Å². The Balaban J connectivity index is 1.81. The number of hydrogen-bond donors (Lipinski definition) is 2. The SMILES string of the molecule is CC(C)(C)OC(=O)NCCNc1nccc(-c2ccc(Cl)s2)n1. The molecule has 0 fully saturated rings. The molecule has 0 aliphatic carbocycles. The van der Waals surface area contributed by atoms with Crippen molar-refractivity contribution in [2.24, 2.45) is 0 Å². The van der Waals surface area contributed by atoms with Gasteiger partial charge in [0.25, 0.3) is 0 Å². The summed E-state index contributed by atoms with van der Waals surface area (Å²) >= 11 is 7.40. The minimum Gasteiger partial charge on any atom is -0.444 e. The molecule has 1 amide bonds. The van der Waals surface area contributed by atoms with Gasteiger partial charge >= 0.3 is 6.09 Å². The van der Waals surface area contributed by atoms with E-state index in [1.54, 1.807) is 6.20 Å². The molecule has 8 heteroatoms. The van der Waals surface area contributed by atoms with Crippen LogP contribution in [0.4, 0.5) is 10.7 Å².